The molecule has 0 unspecified atom stereocenters. The van der Waals surface area contributed by atoms with Crippen LogP contribution in [0.25, 0.3) is 6.08 Å². The van der Waals surface area contributed by atoms with Gasteiger partial charge in [0.1, 0.15) is 0 Å². The van der Waals surface area contributed by atoms with Crippen molar-refractivity contribution in [1.82, 2.24) is 0 Å². The van der Waals surface area contributed by atoms with E-state index in [0.717, 1.165) is 15.6 Å². The number of methoxy groups -OCH3 is 2. The number of rotatable bonds is 4. The van der Waals surface area contributed by atoms with E-state index in [2.05, 4.69) is 15.9 Å². The summed E-state index contributed by atoms with van der Waals surface area (Å²) in [6.07, 6.45) is 1.89. The predicted octanol–water partition coefficient (Wildman–Crippen LogP) is 2.86. The molecule has 88 valence electrons. The number of ether oxygens (including phenoxy) is 2. The van der Waals surface area contributed by atoms with E-state index >= 15 is 0 Å². The summed E-state index contributed by atoms with van der Waals surface area (Å²) in [5, 5.41) is 8.97. The molecule has 16 heavy (non-hydrogen) atoms. The monoisotopic (exact) mass is 286 g/mol. The number of aliphatic hydroxyl groups is 1. The van der Waals surface area contributed by atoms with Crippen molar-refractivity contribution in [3.05, 3.63) is 27.7 Å². The highest BCUT2D eigenvalue weighted by atomic mass is 79.9. The second-order valence-corrected chi connectivity index (χ2v) is 4.23. The Kier molecular flexibility index (Phi) is 4.83. The third-order valence-electron chi connectivity index (χ3n) is 2.15. The zero-order valence-electron chi connectivity index (χ0n) is 9.58. The summed E-state index contributed by atoms with van der Waals surface area (Å²) in [6, 6.07) is 3.71. The highest BCUT2D eigenvalue weighted by Gasteiger charge is 2.07. The lowest BCUT2D eigenvalue weighted by Crippen LogP contribution is -1.92. The summed E-state index contributed by atoms with van der Waals surface area (Å²) < 4.78 is 11.3. The standard InChI is InChI=1S/C12H15BrO3/c1-8(7-14)4-9-5-11(15-2)12(16-3)6-10(9)13/h4-6,14H,7H2,1-3H3. The van der Waals surface area contributed by atoms with Gasteiger partial charge in [-0.05, 0) is 30.2 Å². The van der Waals surface area contributed by atoms with Crippen LogP contribution in [0.3, 0.4) is 0 Å². The predicted molar refractivity (Wildman–Crippen MR) is 68.0 cm³/mol. The molecule has 0 saturated carbocycles. The first-order chi connectivity index (χ1) is 7.62. The van der Waals surface area contributed by atoms with Gasteiger partial charge in [-0.1, -0.05) is 22.0 Å². The van der Waals surface area contributed by atoms with Crippen molar-refractivity contribution in [3.63, 3.8) is 0 Å². The zero-order chi connectivity index (χ0) is 12.1. The molecule has 4 heteroatoms. The third-order valence-corrected chi connectivity index (χ3v) is 2.84. The molecule has 0 aliphatic carbocycles. The molecule has 0 amide bonds. The Labute approximate surface area is 104 Å². The molecule has 0 spiro atoms. The number of hydrogen-bond acceptors (Lipinski definition) is 3. The fraction of sp³-hybridized carbons (Fsp3) is 0.333. The summed E-state index contributed by atoms with van der Waals surface area (Å²) in [4.78, 5) is 0. The first-order valence-electron chi connectivity index (χ1n) is 4.82. The van der Waals surface area contributed by atoms with E-state index < -0.39 is 0 Å². The van der Waals surface area contributed by atoms with Crippen LogP contribution in [0.5, 0.6) is 11.5 Å². The minimum absolute atomic E-state index is 0.0424. The largest absolute Gasteiger partial charge is 0.493 e. The molecule has 0 aromatic heterocycles. The number of halogens is 1. The number of benzene rings is 1. The maximum absolute atomic E-state index is 8.97. The van der Waals surface area contributed by atoms with Crippen molar-refractivity contribution in [2.75, 3.05) is 20.8 Å². The molecule has 0 heterocycles. The highest BCUT2D eigenvalue weighted by Crippen LogP contribution is 2.34. The summed E-state index contributed by atoms with van der Waals surface area (Å²) in [7, 11) is 3.19. The van der Waals surface area contributed by atoms with Gasteiger partial charge in [-0.3, -0.25) is 0 Å². The molecule has 3 nitrogen and oxygen atoms in total. The second kappa shape index (κ2) is 5.92. The Hall–Kier alpha value is -1.00. The molecule has 0 radical (unpaired) electrons. The molecule has 1 aromatic rings. The summed E-state index contributed by atoms with van der Waals surface area (Å²) in [6.45, 7) is 1.91. The molecule has 0 saturated heterocycles. The Bertz CT molecular complexity index is 399. The van der Waals surface area contributed by atoms with Gasteiger partial charge in [-0.25, -0.2) is 0 Å². The molecule has 1 N–H and O–H groups in total. The van der Waals surface area contributed by atoms with Crippen LogP contribution in [0.1, 0.15) is 12.5 Å². The summed E-state index contributed by atoms with van der Waals surface area (Å²) in [5.74, 6) is 1.34. The van der Waals surface area contributed by atoms with Gasteiger partial charge in [0, 0.05) is 4.47 Å². The van der Waals surface area contributed by atoms with Crippen LogP contribution in [-0.2, 0) is 0 Å². The quantitative estimate of drug-likeness (QED) is 0.925. The van der Waals surface area contributed by atoms with E-state index in [-0.39, 0.29) is 6.61 Å². The maximum atomic E-state index is 8.97. The van der Waals surface area contributed by atoms with Crippen LogP contribution in [0, 0.1) is 0 Å². The lowest BCUT2D eigenvalue weighted by Gasteiger charge is -2.10. The Morgan fingerprint density at radius 3 is 2.38 bits per heavy atom. The van der Waals surface area contributed by atoms with E-state index in [9.17, 15) is 0 Å². The summed E-state index contributed by atoms with van der Waals surface area (Å²) in [5.41, 5.74) is 1.83. The van der Waals surface area contributed by atoms with Crippen molar-refractivity contribution in [2.24, 2.45) is 0 Å². The topological polar surface area (TPSA) is 38.7 Å². The van der Waals surface area contributed by atoms with Gasteiger partial charge in [0.15, 0.2) is 11.5 Å². The Balaban J connectivity index is 3.21. The molecule has 0 bridgehead atoms. The Morgan fingerprint density at radius 1 is 1.31 bits per heavy atom. The van der Waals surface area contributed by atoms with E-state index in [0.29, 0.717) is 11.5 Å². The van der Waals surface area contributed by atoms with Gasteiger partial charge in [0.25, 0.3) is 0 Å². The van der Waals surface area contributed by atoms with Crippen LogP contribution >= 0.6 is 15.9 Å². The van der Waals surface area contributed by atoms with Crippen molar-refractivity contribution < 1.29 is 14.6 Å². The molecular formula is C12H15BrO3. The van der Waals surface area contributed by atoms with E-state index in [1.807, 2.05) is 25.1 Å². The van der Waals surface area contributed by atoms with Crippen molar-refractivity contribution in [1.29, 1.82) is 0 Å². The first kappa shape index (κ1) is 13.1. The summed E-state index contributed by atoms with van der Waals surface area (Å²) >= 11 is 3.45. The van der Waals surface area contributed by atoms with Crippen LogP contribution < -0.4 is 9.47 Å². The van der Waals surface area contributed by atoms with Crippen LogP contribution in [0.2, 0.25) is 0 Å². The van der Waals surface area contributed by atoms with Gasteiger partial charge in [-0.15, -0.1) is 0 Å². The highest BCUT2D eigenvalue weighted by molar-refractivity contribution is 9.10. The van der Waals surface area contributed by atoms with Crippen molar-refractivity contribution in [2.45, 2.75) is 6.92 Å². The second-order valence-electron chi connectivity index (χ2n) is 3.38. The molecule has 0 atom stereocenters. The fourth-order valence-corrected chi connectivity index (χ4v) is 1.73. The average Bonchev–Trinajstić information content (AvgIpc) is 2.30. The molecule has 0 aliphatic rings. The van der Waals surface area contributed by atoms with Gasteiger partial charge in [0.2, 0.25) is 0 Å². The molecular weight excluding hydrogens is 272 g/mol. The lowest BCUT2D eigenvalue weighted by molar-refractivity contribution is 0.332. The lowest BCUT2D eigenvalue weighted by atomic mass is 10.1. The van der Waals surface area contributed by atoms with Gasteiger partial charge in [-0.2, -0.15) is 0 Å². The van der Waals surface area contributed by atoms with Gasteiger partial charge >= 0.3 is 0 Å². The van der Waals surface area contributed by atoms with Crippen molar-refractivity contribution >= 4 is 22.0 Å². The minimum atomic E-state index is 0.0424. The third kappa shape index (κ3) is 3.00. The molecule has 1 aromatic carbocycles. The van der Waals surface area contributed by atoms with Crippen LogP contribution in [0.15, 0.2) is 22.2 Å². The first-order valence-corrected chi connectivity index (χ1v) is 5.61. The molecule has 0 aliphatic heterocycles. The fourth-order valence-electron chi connectivity index (χ4n) is 1.29. The van der Waals surface area contributed by atoms with E-state index in [4.69, 9.17) is 14.6 Å². The van der Waals surface area contributed by atoms with E-state index in [1.54, 1.807) is 14.2 Å². The zero-order valence-corrected chi connectivity index (χ0v) is 11.2. The number of hydrogen-bond donors (Lipinski definition) is 1. The number of aliphatic hydroxyl groups excluding tert-OH is 1. The minimum Gasteiger partial charge on any atom is -0.493 e. The molecule has 1 rings (SSSR count). The van der Waals surface area contributed by atoms with Gasteiger partial charge < -0.3 is 14.6 Å². The van der Waals surface area contributed by atoms with E-state index in [1.165, 1.54) is 0 Å². The SMILES string of the molecule is COc1cc(Br)c(C=C(C)CO)cc1OC. The van der Waals surface area contributed by atoms with Crippen LogP contribution in [-0.4, -0.2) is 25.9 Å². The smallest absolute Gasteiger partial charge is 0.161 e. The maximum Gasteiger partial charge on any atom is 0.161 e. The van der Waals surface area contributed by atoms with Crippen molar-refractivity contribution in [3.8, 4) is 11.5 Å². The molecule has 0 fully saturated rings. The Morgan fingerprint density at radius 2 is 1.88 bits per heavy atom. The van der Waals surface area contributed by atoms with Crippen LogP contribution in [0.4, 0.5) is 0 Å². The normalized spacial score (nSPS) is 11.4. The average molecular weight is 287 g/mol. The van der Waals surface area contributed by atoms with Gasteiger partial charge in [0.05, 0.1) is 20.8 Å².